The van der Waals surface area contributed by atoms with E-state index in [1.54, 1.807) is 12.1 Å². The van der Waals surface area contributed by atoms with Crippen LogP contribution in [0.25, 0.3) is 0 Å². The van der Waals surface area contributed by atoms with E-state index >= 15 is 0 Å². The van der Waals surface area contributed by atoms with Crippen molar-refractivity contribution >= 4 is 11.7 Å². The molecule has 0 amide bonds. The first-order valence-electron chi connectivity index (χ1n) is 6.13. The van der Waals surface area contributed by atoms with Gasteiger partial charge in [0.15, 0.2) is 0 Å². The number of methoxy groups -OCH3 is 1. The average Bonchev–Trinajstić information content (AvgIpc) is 3.17. The first kappa shape index (κ1) is 12.9. The van der Waals surface area contributed by atoms with E-state index in [1.165, 1.54) is 7.11 Å². The van der Waals surface area contributed by atoms with Gasteiger partial charge in [-0.1, -0.05) is 6.07 Å². The van der Waals surface area contributed by atoms with Crippen LogP contribution in [-0.4, -0.2) is 19.8 Å². The highest BCUT2D eigenvalue weighted by Crippen LogP contribution is 2.49. The fraction of sp³-hybridized carbons (Fsp3) is 0.500. The lowest BCUT2D eigenvalue weighted by molar-refractivity contribution is 0.0601. The van der Waals surface area contributed by atoms with Crippen LogP contribution in [0, 0.1) is 5.41 Å². The van der Waals surface area contributed by atoms with Crippen molar-refractivity contribution in [3.8, 4) is 0 Å². The van der Waals surface area contributed by atoms with Gasteiger partial charge in [-0.2, -0.15) is 0 Å². The molecule has 0 saturated heterocycles. The quantitative estimate of drug-likeness (QED) is 0.646. The van der Waals surface area contributed by atoms with Crippen molar-refractivity contribution in [3.05, 3.63) is 29.3 Å². The van der Waals surface area contributed by atoms with Gasteiger partial charge in [0.2, 0.25) is 0 Å². The highest BCUT2D eigenvalue weighted by molar-refractivity contribution is 5.90. The van der Waals surface area contributed by atoms with Crippen LogP contribution in [0.4, 0.5) is 10.1 Å². The lowest BCUT2D eigenvalue weighted by Gasteiger charge is -2.12. The van der Waals surface area contributed by atoms with Gasteiger partial charge in [-0.25, -0.2) is 4.79 Å². The van der Waals surface area contributed by atoms with Gasteiger partial charge in [0.25, 0.3) is 0 Å². The van der Waals surface area contributed by atoms with Gasteiger partial charge in [-0.15, -0.1) is 0 Å². The van der Waals surface area contributed by atoms with Crippen molar-refractivity contribution in [1.82, 2.24) is 0 Å². The van der Waals surface area contributed by atoms with E-state index in [0.29, 0.717) is 11.3 Å². The molecular formula is C14H18FNO2. The van der Waals surface area contributed by atoms with Gasteiger partial charge in [-0.3, -0.25) is 4.39 Å². The number of esters is 1. The standard InChI is InChI=1S/C14H18FNO2/c1-18-13(17)11-3-2-10(12(16)8-11)4-5-14(9-15)6-7-14/h2-3,8H,4-7,9,16H2,1H3. The van der Waals surface area contributed by atoms with E-state index in [-0.39, 0.29) is 12.1 Å². The number of anilines is 1. The zero-order chi connectivity index (χ0) is 13.2. The Kier molecular flexibility index (Phi) is 3.55. The van der Waals surface area contributed by atoms with Gasteiger partial charge >= 0.3 is 5.97 Å². The minimum Gasteiger partial charge on any atom is -0.465 e. The molecule has 1 aliphatic carbocycles. The number of hydrogen-bond acceptors (Lipinski definition) is 3. The minimum absolute atomic E-state index is 0.0898. The summed E-state index contributed by atoms with van der Waals surface area (Å²) in [5.74, 6) is -0.393. The molecule has 18 heavy (non-hydrogen) atoms. The summed E-state index contributed by atoms with van der Waals surface area (Å²) < 4.78 is 17.4. The van der Waals surface area contributed by atoms with Crippen LogP contribution in [0.5, 0.6) is 0 Å². The monoisotopic (exact) mass is 251 g/mol. The van der Waals surface area contributed by atoms with E-state index in [1.807, 2.05) is 6.07 Å². The molecule has 0 spiro atoms. The Balaban J connectivity index is 2.03. The van der Waals surface area contributed by atoms with Crippen LogP contribution in [0.15, 0.2) is 18.2 Å². The smallest absolute Gasteiger partial charge is 0.337 e. The molecule has 1 saturated carbocycles. The SMILES string of the molecule is COC(=O)c1ccc(CCC2(CF)CC2)c(N)c1. The third-order valence-corrected chi connectivity index (χ3v) is 3.73. The number of nitrogens with two attached hydrogens (primary N) is 1. The number of hydrogen-bond donors (Lipinski definition) is 1. The highest BCUT2D eigenvalue weighted by atomic mass is 19.1. The zero-order valence-corrected chi connectivity index (χ0v) is 10.5. The van der Waals surface area contributed by atoms with Crippen LogP contribution in [0.1, 0.15) is 35.2 Å². The number of halogens is 1. The lowest BCUT2D eigenvalue weighted by atomic mass is 9.96. The summed E-state index contributed by atoms with van der Waals surface area (Å²) in [5.41, 5.74) is 7.81. The Morgan fingerprint density at radius 2 is 2.22 bits per heavy atom. The summed E-state index contributed by atoms with van der Waals surface area (Å²) >= 11 is 0. The molecule has 3 nitrogen and oxygen atoms in total. The number of rotatable bonds is 5. The highest BCUT2D eigenvalue weighted by Gasteiger charge is 2.42. The molecule has 1 aromatic rings. The fourth-order valence-corrected chi connectivity index (χ4v) is 2.09. The van der Waals surface area contributed by atoms with Crippen molar-refractivity contribution in [1.29, 1.82) is 0 Å². The molecule has 0 radical (unpaired) electrons. The van der Waals surface area contributed by atoms with Crippen LogP contribution in [0.3, 0.4) is 0 Å². The number of ether oxygens (including phenoxy) is 1. The summed E-state index contributed by atoms with van der Waals surface area (Å²) in [6, 6.07) is 5.15. The van der Waals surface area contributed by atoms with Crippen molar-refractivity contribution in [3.63, 3.8) is 0 Å². The Morgan fingerprint density at radius 1 is 1.50 bits per heavy atom. The Morgan fingerprint density at radius 3 is 2.72 bits per heavy atom. The molecule has 1 fully saturated rings. The molecule has 2 rings (SSSR count). The van der Waals surface area contributed by atoms with Gasteiger partial charge in [-0.05, 0) is 48.8 Å². The van der Waals surface area contributed by atoms with Crippen LogP contribution >= 0.6 is 0 Å². The van der Waals surface area contributed by atoms with Crippen molar-refractivity contribution in [2.24, 2.45) is 5.41 Å². The summed E-state index contributed by atoms with van der Waals surface area (Å²) in [4.78, 5) is 11.3. The predicted molar refractivity (Wildman–Crippen MR) is 68.2 cm³/mol. The molecule has 0 aromatic heterocycles. The van der Waals surface area contributed by atoms with E-state index in [2.05, 4.69) is 4.74 Å². The third-order valence-electron chi connectivity index (χ3n) is 3.73. The number of alkyl halides is 1. The summed E-state index contributed by atoms with van der Waals surface area (Å²) in [5, 5.41) is 0. The minimum atomic E-state index is -0.393. The van der Waals surface area contributed by atoms with Crippen LogP contribution in [0.2, 0.25) is 0 Å². The number of benzene rings is 1. The second kappa shape index (κ2) is 4.96. The van der Waals surface area contributed by atoms with Crippen molar-refractivity contribution < 1.29 is 13.9 Å². The van der Waals surface area contributed by atoms with Gasteiger partial charge in [0.05, 0.1) is 19.3 Å². The Hall–Kier alpha value is -1.58. The maximum Gasteiger partial charge on any atom is 0.337 e. The second-order valence-corrected chi connectivity index (χ2v) is 5.04. The molecule has 1 aliphatic rings. The first-order chi connectivity index (χ1) is 8.60. The number of carbonyl (C=O) groups excluding carboxylic acids is 1. The second-order valence-electron chi connectivity index (χ2n) is 5.04. The maximum absolute atomic E-state index is 12.8. The summed E-state index contributed by atoms with van der Waals surface area (Å²) in [6.45, 7) is -0.243. The molecule has 0 atom stereocenters. The number of carbonyl (C=O) groups is 1. The maximum atomic E-state index is 12.8. The molecule has 4 heteroatoms. The molecular weight excluding hydrogens is 233 g/mol. The zero-order valence-electron chi connectivity index (χ0n) is 10.5. The number of aryl methyl sites for hydroxylation is 1. The first-order valence-corrected chi connectivity index (χ1v) is 6.13. The molecule has 0 unspecified atom stereocenters. The van der Waals surface area contributed by atoms with Crippen LogP contribution < -0.4 is 5.73 Å². The van der Waals surface area contributed by atoms with Gasteiger partial charge in [0, 0.05) is 5.69 Å². The van der Waals surface area contributed by atoms with Crippen LogP contribution in [-0.2, 0) is 11.2 Å². The lowest BCUT2D eigenvalue weighted by Crippen LogP contribution is -2.07. The third kappa shape index (κ3) is 2.63. The molecule has 98 valence electrons. The molecule has 1 aromatic carbocycles. The van der Waals surface area contributed by atoms with E-state index in [4.69, 9.17) is 5.73 Å². The topological polar surface area (TPSA) is 52.3 Å². The van der Waals surface area contributed by atoms with Gasteiger partial charge < -0.3 is 10.5 Å². The molecule has 2 N–H and O–H groups in total. The predicted octanol–water partition coefficient (Wildman–Crippen LogP) is 2.74. The average molecular weight is 251 g/mol. The van der Waals surface area contributed by atoms with Crippen molar-refractivity contribution in [2.75, 3.05) is 19.5 Å². The molecule has 0 heterocycles. The summed E-state index contributed by atoms with van der Waals surface area (Å²) in [7, 11) is 1.34. The molecule has 0 bridgehead atoms. The van der Waals surface area contributed by atoms with E-state index in [0.717, 1.165) is 31.2 Å². The summed E-state index contributed by atoms with van der Waals surface area (Å²) in [6.07, 6.45) is 3.54. The Labute approximate surface area is 106 Å². The van der Waals surface area contributed by atoms with E-state index in [9.17, 15) is 9.18 Å². The normalized spacial score (nSPS) is 16.3. The van der Waals surface area contributed by atoms with Gasteiger partial charge in [0.1, 0.15) is 0 Å². The number of nitrogen functional groups attached to an aromatic ring is 1. The van der Waals surface area contributed by atoms with Crippen molar-refractivity contribution in [2.45, 2.75) is 25.7 Å². The largest absolute Gasteiger partial charge is 0.465 e. The molecule has 0 aliphatic heterocycles. The van der Waals surface area contributed by atoms with E-state index < -0.39 is 5.97 Å². The Bertz CT molecular complexity index is 455. The fourth-order valence-electron chi connectivity index (χ4n) is 2.09.